The van der Waals surface area contributed by atoms with Crippen LogP contribution in [0.1, 0.15) is 6.92 Å². The third kappa shape index (κ3) is 4.93. The molecule has 0 heterocycles. The summed E-state index contributed by atoms with van der Waals surface area (Å²) in [6, 6.07) is 0. The molecular weight excluding hydrogens is 140 g/mol. The summed E-state index contributed by atoms with van der Waals surface area (Å²) >= 11 is 4.17. The summed E-state index contributed by atoms with van der Waals surface area (Å²) in [6.45, 7) is 2.01. The molecule has 0 rings (SSSR count). The Balaban J connectivity index is 3.38. The van der Waals surface area contributed by atoms with E-state index in [9.17, 15) is 4.79 Å². The molecule has 1 amide bonds. The number of hydrogen-bond donors (Lipinski definition) is 1. The number of carbonyl (C=O) groups excluding carboxylic acids is 1. The Morgan fingerprint density at radius 2 is 2.67 bits per heavy atom. The lowest BCUT2D eigenvalue weighted by Gasteiger charge is -1.95. The van der Waals surface area contributed by atoms with Crippen LogP contribution in [-0.2, 0) is 4.74 Å². The highest BCUT2D eigenvalue weighted by atomic mass is 32.1. The molecule has 0 aliphatic heterocycles. The van der Waals surface area contributed by atoms with Crippen LogP contribution >= 0.6 is 12.2 Å². The molecule has 0 atom stereocenters. The van der Waals surface area contributed by atoms with Gasteiger partial charge in [-0.2, -0.15) is 0 Å². The van der Waals surface area contributed by atoms with Crippen molar-refractivity contribution in [1.29, 1.82) is 0 Å². The average Bonchev–Trinajstić information content (AvgIpc) is 1.85. The van der Waals surface area contributed by atoms with Crippen LogP contribution in [0.2, 0.25) is 0 Å². The minimum atomic E-state index is -0.616. The molecule has 0 aliphatic carbocycles. The highest BCUT2D eigenvalue weighted by Gasteiger charge is 1.93. The summed E-state index contributed by atoms with van der Waals surface area (Å²) < 4.78 is 4.41. The molecule has 0 radical (unpaired) electrons. The van der Waals surface area contributed by atoms with Crippen LogP contribution in [0.15, 0.2) is 5.10 Å². The van der Waals surface area contributed by atoms with E-state index < -0.39 is 6.09 Å². The van der Waals surface area contributed by atoms with E-state index in [4.69, 9.17) is 0 Å². The van der Waals surface area contributed by atoms with Gasteiger partial charge < -0.3 is 4.74 Å². The molecule has 0 saturated carbocycles. The van der Waals surface area contributed by atoms with Crippen LogP contribution in [0.5, 0.6) is 0 Å². The van der Waals surface area contributed by atoms with Gasteiger partial charge in [0.15, 0.2) is 0 Å². The van der Waals surface area contributed by atoms with E-state index >= 15 is 0 Å². The fourth-order valence-electron chi connectivity index (χ4n) is 0.232. The molecule has 50 valence electrons. The SMILES string of the molecule is CCOC(=O)NN=C=S. The molecule has 9 heavy (non-hydrogen) atoms. The van der Waals surface area contributed by atoms with Gasteiger partial charge in [0, 0.05) is 0 Å². The number of carbonyl (C=O) groups is 1. The van der Waals surface area contributed by atoms with Crippen molar-refractivity contribution >= 4 is 23.5 Å². The number of nitrogens with one attached hydrogen (secondary N) is 1. The second-order valence-corrected chi connectivity index (χ2v) is 1.22. The Labute approximate surface area is 57.9 Å². The molecule has 1 N–H and O–H groups in total. The molecule has 0 saturated heterocycles. The number of thiocarbonyl (C=S) groups is 1. The molecule has 0 aromatic rings. The topological polar surface area (TPSA) is 50.7 Å². The van der Waals surface area contributed by atoms with Crippen LogP contribution < -0.4 is 5.43 Å². The van der Waals surface area contributed by atoms with E-state index in [0.717, 1.165) is 0 Å². The summed E-state index contributed by atoms with van der Waals surface area (Å²) in [4.78, 5) is 10.3. The fourth-order valence-corrected chi connectivity index (χ4v) is 0.277. The van der Waals surface area contributed by atoms with Crippen molar-refractivity contribution in [3.63, 3.8) is 0 Å². The van der Waals surface area contributed by atoms with Crippen LogP contribution in [0.25, 0.3) is 0 Å². The first kappa shape index (κ1) is 8.07. The van der Waals surface area contributed by atoms with Crippen molar-refractivity contribution < 1.29 is 9.53 Å². The molecule has 0 fully saturated rings. The average molecular weight is 146 g/mol. The van der Waals surface area contributed by atoms with Crippen molar-refractivity contribution in [2.75, 3.05) is 6.61 Å². The predicted octanol–water partition coefficient (Wildman–Crippen LogP) is 0.750. The number of isothiocyanates is 1. The van der Waals surface area contributed by atoms with E-state index in [1.54, 1.807) is 6.92 Å². The summed E-state index contributed by atoms with van der Waals surface area (Å²) in [6.07, 6.45) is -0.616. The van der Waals surface area contributed by atoms with Crippen molar-refractivity contribution in [1.82, 2.24) is 5.43 Å². The Morgan fingerprint density at radius 3 is 3.11 bits per heavy atom. The first-order valence-electron chi connectivity index (χ1n) is 2.31. The maximum absolute atomic E-state index is 10.3. The van der Waals surface area contributed by atoms with Crippen molar-refractivity contribution in [3.8, 4) is 0 Å². The maximum Gasteiger partial charge on any atom is 0.428 e. The summed E-state index contributed by atoms with van der Waals surface area (Å²) in [5.41, 5.74) is 1.98. The Bertz CT molecular complexity index is 142. The monoisotopic (exact) mass is 146 g/mol. The van der Waals surface area contributed by atoms with Gasteiger partial charge in [0.25, 0.3) is 0 Å². The lowest BCUT2D eigenvalue weighted by atomic mass is 10.9. The highest BCUT2D eigenvalue weighted by Crippen LogP contribution is 1.73. The quantitative estimate of drug-likeness (QED) is 0.355. The molecule has 0 aromatic heterocycles. The van der Waals surface area contributed by atoms with E-state index in [1.807, 2.05) is 10.6 Å². The number of hydrogen-bond acceptors (Lipinski definition) is 4. The molecular formula is C4H6N2O2S. The van der Waals surface area contributed by atoms with Gasteiger partial charge in [-0.3, -0.25) is 0 Å². The summed E-state index contributed by atoms with van der Waals surface area (Å²) in [7, 11) is 0. The highest BCUT2D eigenvalue weighted by molar-refractivity contribution is 7.78. The maximum atomic E-state index is 10.3. The Hall–Kier alpha value is -0.930. The zero-order valence-corrected chi connectivity index (χ0v) is 5.70. The number of amides is 1. The number of rotatable bonds is 2. The second kappa shape index (κ2) is 5.21. The Morgan fingerprint density at radius 1 is 2.00 bits per heavy atom. The molecule has 4 nitrogen and oxygen atoms in total. The molecule has 0 aliphatic rings. The summed E-state index contributed by atoms with van der Waals surface area (Å²) in [5.74, 6) is 0. The van der Waals surface area contributed by atoms with Gasteiger partial charge in [0.05, 0.1) is 11.8 Å². The molecule has 0 bridgehead atoms. The first-order valence-corrected chi connectivity index (χ1v) is 2.71. The smallest absolute Gasteiger partial charge is 0.428 e. The van der Waals surface area contributed by atoms with Crippen LogP contribution in [0, 0.1) is 0 Å². The molecule has 0 aromatic carbocycles. The van der Waals surface area contributed by atoms with Gasteiger partial charge >= 0.3 is 6.09 Å². The largest absolute Gasteiger partial charge is 0.449 e. The zero-order chi connectivity index (χ0) is 7.11. The van der Waals surface area contributed by atoms with Gasteiger partial charge in [0.1, 0.15) is 0 Å². The summed E-state index contributed by atoms with van der Waals surface area (Å²) in [5, 5.41) is 5.08. The Kier molecular flexibility index (Phi) is 4.67. The van der Waals surface area contributed by atoms with Gasteiger partial charge in [-0.1, -0.05) is 0 Å². The standard InChI is InChI=1S/C4H6N2O2S/c1-2-8-4(7)6-5-3-9/h2H2,1H3,(H,6,7). The predicted molar refractivity (Wildman–Crippen MR) is 35.2 cm³/mol. The molecule has 0 spiro atoms. The number of ether oxygens (including phenoxy) is 1. The van der Waals surface area contributed by atoms with E-state index in [2.05, 4.69) is 22.1 Å². The lowest BCUT2D eigenvalue weighted by molar-refractivity contribution is 0.153. The van der Waals surface area contributed by atoms with E-state index in [-0.39, 0.29) is 0 Å². The van der Waals surface area contributed by atoms with Crippen molar-refractivity contribution in [2.24, 2.45) is 5.10 Å². The number of hydrazone groups is 1. The van der Waals surface area contributed by atoms with Gasteiger partial charge in [0.2, 0.25) is 0 Å². The second-order valence-electron chi connectivity index (χ2n) is 1.04. The minimum Gasteiger partial charge on any atom is -0.449 e. The van der Waals surface area contributed by atoms with Crippen molar-refractivity contribution in [3.05, 3.63) is 0 Å². The first-order chi connectivity index (χ1) is 4.31. The van der Waals surface area contributed by atoms with Crippen LogP contribution in [-0.4, -0.2) is 17.9 Å². The van der Waals surface area contributed by atoms with E-state index in [1.165, 1.54) is 0 Å². The van der Waals surface area contributed by atoms with Crippen LogP contribution in [0.3, 0.4) is 0 Å². The van der Waals surface area contributed by atoms with E-state index in [0.29, 0.717) is 6.61 Å². The van der Waals surface area contributed by atoms with Crippen LogP contribution in [0.4, 0.5) is 4.79 Å². The molecule has 0 unspecified atom stereocenters. The zero-order valence-electron chi connectivity index (χ0n) is 4.88. The molecule has 5 heteroatoms. The normalized spacial score (nSPS) is 7.22. The minimum absolute atomic E-state index is 0.318. The van der Waals surface area contributed by atoms with Gasteiger partial charge in [-0.05, 0) is 19.1 Å². The van der Waals surface area contributed by atoms with Crippen molar-refractivity contribution in [2.45, 2.75) is 6.92 Å². The fraction of sp³-hybridized carbons (Fsp3) is 0.500. The lowest BCUT2D eigenvalue weighted by Crippen LogP contribution is -2.17. The van der Waals surface area contributed by atoms with Gasteiger partial charge in [-0.25, -0.2) is 10.2 Å². The number of nitrogens with zero attached hydrogens (tertiary/aromatic N) is 1. The third-order valence-electron chi connectivity index (χ3n) is 0.468. The van der Waals surface area contributed by atoms with Gasteiger partial charge in [-0.15, -0.1) is 5.10 Å². The third-order valence-corrected chi connectivity index (χ3v) is 0.560.